The maximum atomic E-state index is 15.1. The summed E-state index contributed by atoms with van der Waals surface area (Å²) in [7, 11) is 5.26. The SMILES string of the molecule is CC.CC.CC.CCC(CCO)N(C=O)c1nc(N)ncc1C1(C)CC1.CN.CNc1cc(C2CCN(C(C)c3cc(SC4CCN(C)CC(F)C4)ccc3F)CC2)ccc1C(=N)N1CCC(=O)NC1=O. The van der Waals surface area contributed by atoms with Crippen molar-refractivity contribution in [3.8, 4) is 0 Å². The normalized spacial score (nSPS) is 19.5. The van der Waals surface area contributed by atoms with Gasteiger partial charge in [0.2, 0.25) is 18.3 Å². The molecule has 0 radical (unpaired) electrons. The highest BCUT2D eigenvalue weighted by Crippen LogP contribution is 2.50. The summed E-state index contributed by atoms with van der Waals surface area (Å²) in [5.41, 5.74) is 14.4. The van der Waals surface area contributed by atoms with Gasteiger partial charge in [0.15, 0.2) is 0 Å². The number of carbonyl (C=O) groups excluding carboxylic acids is 3. The number of nitrogen functional groups attached to an aromatic ring is 1. The van der Waals surface area contributed by atoms with Gasteiger partial charge in [-0.2, -0.15) is 4.98 Å². The molecule has 8 N–H and O–H groups in total. The van der Waals surface area contributed by atoms with Gasteiger partial charge in [0.1, 0.15) is 23.6 Å². The summed E-state index contributed by atoms with van der Waals surface area (Å²) < 4.78 is 29.4. The van der Waals surface area contributed by atoms with Crippen molar-refractivity contribution in [1.82, 2.24) is 30.0 Å². The number of amides is 4. The number of anilines is 3. The van der Waals surface area contributed by atoms with Gasteiger partial charge in [0.05, 0.1) is 0 Å². The molecule has 1 saturated carbocycles. The Bertz CT molecular complexity index is 2110. The van der Waals surface area contributed by atoms with Crippen LogP contribution >= 0.6 is 11.8 Å². The number of hydrogen-bond donors (Lipinski definition) is 6. The summed E-state index contributed by atoms with van der Waals surface area (Å²) in [6, 6.07) is 10.6. The average molecular weight is 1010 g/mol. The number of aromatic nitrogens is 2. The number of rotatable bonds is 14. The molecule has 7 rings (SSSR count). The average Bonchev–Trinajstić information content (AvgIpc) is 4.18. The molecule has 1 aromatic heterocycles. The zero-order valence-corrected chi connectivity index (χ0v) is 45.6. The van der Waals surface area contributed by atoms with Gasteiger partial charge in [-0.1, -0.05) is 61.5 Å². The number of aliphatic hydroxyl groups is 1. The van der Waals surface area contributed by atoms with Gasteiger partial charge in [-0.05, 0) is 139 Å². The number of nitrogens with zero attached hydrogens (tertiary/aromatic N) is 6. The maximum Gasteiger partial charge on any atom is 0.329 e. The van der Waals surface area contributed by atoms with Gasteiger partial charge in [-0.25, -0.2) is 18.6 Å². The number of halogens is 2. The Morgan fingerprint density at radius 2 is 1.72 bits per heavy atom. The lowest BCUT2D eigenvalue weighted by atomic mass is 9.87. The number of nitrogens with two attached hydrogens (primary N) is 2. The molecule has 3 saturated heterocycles. The smallest absolute Gasteiger partial charge is 0.329 e. The summed E-state index contributed by atoms with van der Waals surface area (Å²) in [6.07, 6.45) is 8.54. The van der Waals surface area contributed by atoms with Crippen LogP contribution in [0.3, 0.4) is 0 Å². The molecule has 3 aromatic rings. The van der Waals surface area contributed by atoms with Crippen LogP contribution in [0.4, 0.5) is 31.0 Å². The number of aliphatic hydroxyl groups excluding tert-OH is 1. The second-order valence-corrected chi connectivity index (χ2v) is 18.9. The lowest BCUT2D eigenvalue weighted by Gasteiger charge is -2.37. The van der Waals surface area contributed by atoms with Gasteiger partial charge < -0.3 is 26.8 Å². The molecule has 3 aliphatic heterocycles. The first-order valence-electron chi connectivity index (χ1n) is 25.8. The molecule has 15 nitrogen and oxygen atoms in total. The highest BCUT2D eigenvalue weighted by Gasteiger charge is 2.43. The van der Waals surface area contributed by atoms with Crippen LogP contribution in [0.25, 0.3) is 0 Å². The molecule has 2 aromatic carbocycles. The molecule has 71 heavy (non-hydrogen) atoms. The summed E-state index contributed by atoms with van der Waals surface area (Å²) in [6.45, 7) is 21.4. The summed E-state index contributed by atoms with van der Waals surface area (Å²) in [5.74, 6) is 0.608. The topological polar surface area (TPSA) is 210 Å². The third kappa shape index (κ3) is 17.5. The van der Waals surface area contributed by atoms with Crippen LogP contribution in [-0.2, 0) is 15.0 Å². The number of thioether (sulfide) groups is 1. The number of hydrogen-bond acceptors (Lipinski definition) is 13. The molecule has 4 unspecified atom stereocenters. The molecule has 4 heterocycles. The zero-order valence-electron chi connectivity index (χ0n) is 44.8. The highest BCUT2D eigenvalue weighted by atomic mass is 32.2. The molecule has 0 spiro atoms. The predicted molar refractivity (Wildman–Crippen MR) is 289 cm³/mol. The Morgan fingerprint density at radius 1 is 1.06 bits per heavy atom. The Morgan fingerprint density at radius 3 is 2.30 bits per heavy atom. The minimum absolute atomic E-state index is 0.0377. The number of nitrogens with one attached hydrogen (secondary N) is 3. The van der Waals surface area contributed by atoms with Crippen molar-refractivity contribution >= 4 is 53.4 Å². The minimum atomic E-state index is -0.833. The Balaban J connectivity index is 0.000000516. The fourth-order valence-corrected chi connectivity index (χ4v) is 10.2. The Hall–Kier alpha value is -4.75. The van der Waals surface area contributed by atoms with Crippen molar-refractivity contribution in [2.45, 2.75) is 160 Å². The standard InChI is InChI=1S/C32H42F2N6O2S.C14H22N4O2.3C2H6.CH5N/c1-20(27-18-24(5-7-28(27)34)43-25-10-12-38(3)19-23(33)17-25)39-13-8-21(9-14-39)22-4-6-26(29(16-22)36-2)31(35)40-15-11-30(41)37-32(40)42;1-3-10(4-7-19)18(9-20)12-11(14(2)5-6-14)8-16-13(15)17-12;4*1-2/h4-7,16,18,20-21,23,25,35-36H,8-15,17,19H2,1-3H3,(H,37,41,42);8-10,19H,3-7H2,1-2H3,(H2,15,16,17);3*1-2H3;2H2,1H3. The largest absolute Gasteiger partial charge is 0.396 e. The second kappa shape index (κ2) is 31.7. The van der Waals surface area contributed by atoms with Gasteiger partial charge in [0, 0.05) is 84.0 Å². The molecule has 4 aliphatic rings. The van der Waals surface area contributed by atoms with Gasteiger partial charge in [0.25, 0.3) is 0 Å². The van der Waals surface area contributed by atoms with E-state index >= 15 is 4.39 Å². The molecule has 18 heteroatoms. The van der Waals surface area contributed by atoms with Crippen LogP contribution in [-0.4, -0.2) is 132 Å². The van der Waals surface area contributed by atoms with Crippen molar-refractivity contribution in [2.24, 2.45) is 5.73 Å². The third-order valence-corrected chi connectivity index (χ3v) is 14.4. The second-order valence-electron chi connectivity index (χ2n) is 17.6. The molecular formula is C53H87F2N11O4S. The van der Waals surface area contributed by atoms with Crippen LogP contribution in [0.5, 0.6) is 0 Å². The van der Waals surface area contributed by atoms with Crippen LogP contribution in [0, 0.1) is 11.2 Å². The van der Waals surface area contributed by atoms with Crippen molar-refractivity contribution < 1.29 is 28.3 Å². The van der Waals surface area contributed by atoms with E-state index in [9.17, 15) is 18.8 Å². The lowest BCUT2D eigenvalue weighted by Crippen LogP contribution is -2.52. The fourth-order valence-electron chi connectivity index (χ4n) is 8.92. The fraction of sp³-hybridized carbons (Fsp3) is 0.623. The molecule has 398 valence electrons. The van der Waals surface area contributed by atoms with Crippen molar-refractivity contribution in [3.63, 3.8) is 0 Å². The molecule has 0 bridgehead atoms. The minimum Gasteiger partial charge on any atom is -0.396 e. The maximum absolute atomic E-state index is 15.1. The number of alkyl halides is 1. The third-order valence-electron chi connectivity index (χ3n) is 13.1. The number of carbonyl (C=O) groups is 3. The van der Waals surface area contributed by atoms with E-state index in [0.29, 0.717) is 42.2 Å². The van der Waals surface area contributed by atoms with Crippen LogP contribution in [0.15, 0.2) is 47.5 Å². The van der Waals surface area contributed by atoms with Crippen LogP contribution in [0.1, 0.15) is 154 Å². The Kier molecular flexibility index (Phi) is 27.8. The summed E-state index contributed by atoms with van der Waals surface area (Å²) in [5, 5.41) is 23.4. The summed E-state index contributed by atoms with van der Waals surface area (Å²) >= 11 is 1.67. The van der Waals surface area contributed by atoms with E-state index in [0.717, 1.165) is 86.3 Å². The molecule has 4 atom stereocenters. The lowest BCUT2D eigenvalue weighted by molar-refractivity contribution is -0.121. The van der Waals surface area contributed by atoms with Crippen molar-refractivity contribution in [3.05, 3.63) is 70.7 Å². The first kappa shape index (κ1) is 62.4. The van der Waals surface area contributed by atoms with Crippen LogP contribution in [0.2, 0.25) is 0 Å². The Labute approximate surface area is 428 Å². The number of piperidine rings is 1. The molecular weight excluding hydrogens is 925 g/mol. The molecule has 1 aliphatic carbocycles. The van der Waals surface area contributed by atoms with Crippen LogP contribution < -0.4 is 27.0 Å². The van der Waals surface area contributed by atoms with E-state index in [1.165, 1.54) is 11.9 Å². The molecule has 4 amide bonds. The van der Waals surface area contributed by atoms with E-state index < -0.39 is 12.2 Å². The number of amidine groups is 1. The number of urea groups is 1. The van der Waals surface area contributed by atoms with E-state index in [1.54, 1.807) is 36.0 Å². The molecule has 4 fully saturated rings. The first-order chi connectivity index (χ1) is 34.2. The van der Waals surface area contributed by atoms with E-state index in [2.05, 4.69) is 45.1 Å². The van der Waals surface area contributed by atoms with Gasteiger partial charge in [-0.15, -0.1) is 11.8 Å². The van der Waals surface area contributed by atoms with Crippen molar-refractivity contribution in [1.29, 1.82) is 5.41 Å². The highest BCUT2D eigenvalue weighted by molar-refractivity contribution is 8.00. The van der Waals surface area contributed by atoms with E-state index in [1.807, 2.05) is 90.7 Å². The van der Waals surface area contributed by atoms with Gasteiger partial charge >= 0.3 is 6.03 Å². The monoisotopic (exact) mass is 1010 g/mol. The zero-order chi connectivity index (χ0) is 53.4. The number of benzene rings is 2. The first-order valence-corrected chi connectivity index (χ1v) is 26.7. The number of imide groups is 1. The van der Waals surface area contributed by atoms with Crippen molar-refractivity contribution in [2.75, 3.05) is 76.4 Å². The predicted octanol–water partition coefficient (Wildman–Crippen LogP) is 9.49. The van der Waals surface area contributed by atoms with E-state index in [-0.39, 0.29) is 65.8 Å². The van der Waals surface area contributed by atoms with E-state index in [4.69, 9.17) is 16.2 Å². The number of likely N-dealkylation sites (tertiary alicyclic amines) is 2. The quantitative estimate of drug-likeness (QED) is 0.0507. The summed E-state index contributed by atoms with van der Waals surface area (Å²) in [4.78, 5) is 51.9. The van der Waals surface area contributed by atoms with Gasteiger partial charge in [-0.3, -0.25) is 35.0 Å².